The molecule has 0 bridgehead atoms. The highest BCUT2D eigenvalue weighted by atomic mass is 16.5. The zero-order valence-electron chi connectivity index (χ0n) is 12.1. The van der Waals surface area contributed by atoms with Crippen LogP contribution >= 0.6 is 0 Å². The fourth-order valence-corrected chi connectivity index (χ4v) is 1.64. The van der Waals surface area contributed by atoms with Crippen LogP contribution in [-0.2, 0) is 12.0 Å². The van der Waals surface area contributed by atoms with Crippen LogP contribution in [0.2, 0.25) is 0 Å². The average molecular weight is 263 g/mol. The van der Waals surface area contributed by atoms with E-state index in [0.717, 1.165) is 18.1 Å². The fraction of sp³-hybridized carbons (Fsp3) is 0.615. The highest BCUT2D eigenvalue weighted by Gasteiger charge is 2.23. The van der Waals surface area contributed by atoms with Gasteiger partial charge in [-0.2, -0.15) is 10.1 Å². The van der Waals surface area contributed by atoms with Gasteiger partial charge in [0.25, 0.3) is 0 Å². The average Bonchev–Trinajstić information content (AvgIpc) is 2.96. The van der Waals surface area contributed by atoms with Crippen LogP contribution in [0.3, 0.4) is 0 Å². The summed E-state index contributed by atoms with van der Waals surface area (Å²) in [6, 6.07) is -0.0434. The third kappa shape index (κ3) is 3.13. The maximum Gasteiger partial charge on any atom is 0.248 e. The Morgan fingerprint density at radius 1 is 1.42 bits per heavy atom. The lowest BCUT2D eigenvalue weighted by Crippen LogP contribution is -2.14. The Bertz CT molecular complexity index is 537. The second-order valence-corrected chi connectivity index (χ2v) is 5.66. The van der Waals surface area contributed by atoms with E-state index < -0.39 is 0 Å². The third-order valence-corrected chi connectivity index (χ3v) is 2.82. The molecule has 19 heavy (non-hydrogen) atoms. The van der Waals surface area contributed by atoms with Crippen LogP contribution in [0.15, 0.2) is 16.9 Å². The summed E-state index contributed by atoms with van der Waals surface area (Å²) in [6.45, 7) is 11.1. The lowest BCUT2D eigenvalue weighted by molar-refractivity contribution is 0.354. The predicted molar refractivity (Wildman–Crippen MR) is 72.9 cm³/mol. The SMILES string of the molecule is CCn1cc(NC(C)c2nc(C(C)(C)C)no2)cn1. The van der Waals surface area contributed by atoms with Gasteiger partial charge in [-0.25, -0.2) is 0 Å². The van der Waals surface area contributed by atoms with E-state index in [4.69, 9.17) is 4.52 Å². The zero-order valence-corrected chi connectivity index (χ0v) is 12.1. The molecule has 0 saturated carbocycles. The van der Waals surface area contributed by atoms with Gasteiger partial charge in [-0.15, -0.1) is 0 Å². The molecule has 0 amide bonds. The zero-order chi connectivity index (χ0) is 14.0. The molecule has 6 heteroatoms. The molecule has 0 radical (unpaired) electrons. The molecule has 0 saturated heterocycles. The Kier molecular flexibility index (Phi) is 3.59. The van der Waals surface area contributed by atoms with Crippen molar-refractivity contribution in [2.75, 3.05) is 5.32 Å². The van der Waals surface area contributed by atoms with Crippen molar-refractivity contribution in [3.63, 3.8) is 0 Å². The molecule has 2 aromatic heterocycles. The first-order valence-corrected chi connectivity index (χ1v) is 6.53. The topological polar surface area (TPSA) is 68.8 Å². The summed E-state index contributed by atoms with van der Waals surface area (Å²) in [5.74, 6) is 1.31. The number of aromatic nitrogens is 4. The van der Waals surface area contributed by atoms with Crippen LogP contribution in [0.1, 0.15) is 52.4 Å². The van der Waals surface area contributed by atoms with E-state index in [2.05, 4.69) is 41.3 Å². The van der Waals surface area contributed by atoms with Gasteiger partial charge in [0, 0.05) is 18.2 Å². The van der Waals surface area contributed by atoms with E-state index in [1.165, 1.54) is 0 Å². The standard InChI is InChI=1S/C13H21N5O/c1-6-18-8-10(7-14-18)15-9(2)11-16-12(17-19-11)13(3,4)5/h7-9,15H,6H2,1-5H3. The van der Waals surface area contributed by atoms with Crippen molar-refractivity contribution >= 4 is 5.69 Å². The first-order chi connectivity index (χ1) is 8.90. The predicted octanol–water partition coefficient (Wildman–Crippen LogP) is 2.76. The van der Waals surface area contributed by atoms with Crippen LogP contribution < -0.4 is 5.32 Å². The number of anilines is 1. The maximum absolute atomic E-state index is 5.31. The molecule has 0 fully saturated rings. The number of aryl methyl sites for hydroxylation is 1. The van der Waals surface area contributed by atoms with Crippen molar-refractivity contribution in [1.29, 1.82) is 0 Å². The van der Waals surface area contributed by atoms with Gasteiger partial charge in [-0.05, 0) is 13.8 Å². The van der Waals surface area contributed by atoms with E-state index in [1.807, 2.05) is 24.7 Å². The molecule has 1 N–H and O–H groups in total. The molecular formula is C13H21N5O. The van der Waals surface area contributed by atoms with E-state index in [0.29, 0.717) is 5.89 Å². The smallest absolute Gasteiger partial charge is 0.248 e. The maximum atomic E-state index is 5.31. The van der Waals surface area contributed by atoms with Gasteiger partial charge in [0.05, 0.1) is 11.9 Å². The van der Waals surface area contributed by atoms with Crippen LogP contribution in [0.25, 0.3) is 0 Å². The van der Waals surface area contributed by atoms with Crippen LogP contribution in [0.4, 0.5) is 5.69 Å². The molecule has 6 nitrogen and oxygen atoms in total. The number of nitrogens with one attached hydrogen (secondary N) is 1. The summed E-state index contributed by atoms with van der Waals surface area (Å²) >= 11 is 0. The van der Waals surface area contributed by atoms with Crippen LogP contribution in [-0.4, -0.2) is 19.9 Å². The lowest BCUT2D eigenvalue weighted by atomic mass is 9.96. The lowest BCUT2D eigenvalue weighted by Gasteiger charge is -2.11. The van der Waals surface area contributed by atoms with E-state index >= 15 is 0 Å². The first-order valence-electron chi connectivity index (χ1n) is 6.53. The molecule has 0 aliphatic carbocycles. The molecule has 0 spiro atoms. The summed E-state index contributed by atoms with van der Waals surface area (Å²) in [7, 11) is 0. The van der Waals surface area contributed by atoms with Gasteiger partial charge >= 0.3 is 0 Å². The normalized spacial score (nSPS) is 13.5. The minimum absolute atomic E-state index is 0.0434. The quantitative estimate of drug-likeness (QED) is 0.918. The molecule has 0 aliphatic rings. The number of rotatable bonds is 4. The Labute approximate surface area is 113 Å². The van der Waals surface area contributed by atoms with Crippen molar-refractivity contribution in [2.45, 2.75) is 52.6 Å². The molecule has 2 heterocycles. The van der Waals surface area contributed by atoms with Gasteiger partial charge in [-0.3, -0.25) is 4.68 Å². The van der Waals surface area contributed by atoms with Gasteiger partial charge in [0.1, 0.15) is 6.04 Å². The highest BCUT2D eigenvalue weighted by molar-refractivity contribution is 5.39. The third-order valence-electron chi connectivity index (χ3n) is 2.82. The van der Waals surface area contributed by atoms with Crippen molar-refractivity contribution < 1.29 is 4.52 Å². The molecular weight excluding hydrogens is 242 g/mol. The first kappa shape index (κ1) is 13.6. The highest BCUT2D eigenvalue weighted by Crippen LogP contribution is 2.22. The minimum Gasteiger partial charge on any atom is -0.371 e. The van der Waals surface area contributed by atoms with Crippen molar-refractivity contribution in [3.8, 4) is 0 Å². The van der Waals surface area contributed by atoms with Crippen molar-refractivity contribution in [3.05, 3.63) is 24.1 Å². The summed E-state index contributed by atoms with van der Waals surface area (Å²) in [6.07, 6.45) is 3.75. The Hall–Kier alpha value is -1.85. The Morgan fingerprint density at radius 3 is 2.68 bits per heavy atom. The second kappa shape index (κ2) is 5.03. The van der Waals surface area contributed by atoms with Gasteiger partial charge in [0.15, 0.2) is 5.82 Å². The fourth-order valence-electron chi connectivity index (χ4n) is 1.64. The summed E-state index contributed by atoms with van der Waals surface area (Å²) in [4.78, 5) is 4.44. The summed E-state index contributed by atoms with van der Waals surface area (Å²) in [5, 5.41) is 11.5. The molecule has 1 atom stereocenters. The molecule has 0 aliphatic heterocycles. The molecule has 104 valence electrons. The number of hydrogen-bond acceptors (Lipinski definition) is 5. The Morgan fingerprint density at radius 2 is 2.16 bits per heavy atom. The second-order valence-electron chi connectivity index (χ2n) is 5.66. The largest absolute Gasteiger partial charge is 0.371 e. The number of nitrogens with zero attached hydrogens (tertiary/aromatic N) is 4. The van der Waals surface area contributed by atoms with Gasteiger partial charge < -0.3 is 9.84 Å². The molecule has 1 unspecified atom stereocenters. The van der Waals surface area contributed by atoms with E-state index in [1.54, 1.807) is 6.20 Å². The van der Waals surface area contributed by atoms with Gasteiger partial charge in [-0.1, -0.05) is 25.9 Å². The van der Waals surface area contributed by atoms with E-state index in [-0.39, 0.29) is 11.5 Å². The number of hydrogen-bond donors (Lipinski definition) is 1. The van der Waals surface area contributed by atoms with Gasteiger partial charge in [0.2, 0.25) is 5.89 Å². The van der Waals surface area contributed by atoms with Crippen LogP contribution in [0.5, 0.6) is 0 Å². The molecule has 2 rings (SSSR count). The van der Waals surface area contributed by atoms with E-state index in [9.17, 15) is 0 Å². The summed E-state index contributed by atoms with van der Waals surface area (Å²) < 4.78 is 7.17. The van der Waals surface area contributed by atoms with Crippen LogP contribution in [0, 0.1) is 0 Å². The monoisotopic (exact) mass is 263 g/mol. The minimum atomic E-state index is -0.103. The van der Waals surface area contributed by atoms with Crippen molar-refractivity contribution in [2.24, 2.45) is 0 Å². The van der Waals surface area contributed by atoms with Crippen molar-refractivity contribution in [1.82, 2.24) is 19.9 Å². The molecule has 2 aromatic rings. The molecule has 0 aromatic carbocycles. The summed E-state index contributed by atoms with van der Waals surface area (Å²) in [5.41, 5.74) is 0.846. The Balaban J connectivity index is 2.07.